The molecule has 0 aliphatic carbocycles. The van der Waals surface area contributed by atoms with Crippen LogP contribution in [0.2, 0.25) is 0 Å². The van der Waals surface area contributed by atoms with Crippen molar-refractivity contribution in [3.8, 4) is 0 Å². The van der Waals surface area contributed by atoms with E-state index in [9.17, 15) is 0 Å². The molecule has 146 valence electrons. The fourth-order valence-corrected chi connectivity index (χ4v) is 4.28. The van der Waals surface area contributed by atoms with Crippen LogP contribution in [-0.2, 0) is 0 Å². The maximum absolute atomic E-state index is 2.53. The molecule has 0 aliphatic rings. The Morgan fingerprint density at radius 3 is 1.17 bits per heavy atom. The lowest BCUT2D eigenvalue weighted by Crippen LogP contribution is -2.01. The number of halogens is 1. The van der Waals surface area contributed by atoms with Crippen LogP contribution in [-0.4, -0.2) is 4.43 Å². The topological polar surface area (TPSA) is 0 Å². The minimum Gasteiger partial charge on any atom is -0.0864 e. The Kier molecular flexibility index (Phi) is 22.4. The number of unbranched alkanes of at least 4 members (excludes halogenated alkanes) is 13. The molecule has 0 nitrogen and oxygen atoms in total. The van der Waals surface area contributed by atoms with Crippen molar-refractivity contribution >= 4 is 22.6 Å². The second-order valence-electron chi connectivity index (χ2n) is 7.87. The lowest BCUT2D eigenvalue weighted by molar-refractivity contribution is 0.371. The second-order valence-corrected chi connectivity index (χ2v) is 8.95. The third-order valence-electron chi connectivity index (χ3n) is 5.43. The van der Waals surface area contributed by atoms with E-state index in [0.29, 0.717) is 0 Å². The van der Waals surface area contributed by atoms with Crippen molar-refractivity contribution in [2.75, 3.05) is 4.43 Å². The Bertz CT molecular complexity index is 214. The summed E-state index contributed by atoms with van der Waals surface area (Å²) in [6.07, 6.45) is 27.9. The van der Waals surface area contributed by atoms with Crippen LogP contribution in [0.5, 0.6) is 0 Å². The minimum atomic E-state index is 1.04. The zero-order valence-electron chi connectivity index (χ0n) is 17.1. The number of rotatable bonds is 20. The average Bonchev–Trinajstić information content (AvgIpc) is 2.59. The quantitative estimate of drug-likeness (QED) is 0.0984. The molecule has 1 heteroatoms. The summed E-state index contributed by atoms with van der Waals surface area (Å²) in [7, 11) is 0. The highest BCUT2D eigenvalue weighted by atomic mass is 127. The van der Waals surface area contributed by atoms with Gasteiger partial charge in [0, 0.05) is 0 Å². The molecule has 0 aromatic carbocycles. The highest BCUT2D eigenvalue weighted by molar-refractivity contribution is 14.1. The Labute approximate surface area is 168 Å². The van der Waals surface area contributed by atoms with Gasteiger partial charge in [-0.3, -0.25) is 0 Å². The highest BCUT2D eigenvalue weighted by Crippen LogP contribution is 2.24. The van der Waals surface area contributed by atoms with E-state index >= 15 is 0 Å². The van der Waals surface area contributed by atoms with E-state index in [1.54, 1.807) is 0 Å². The standard InChI is InChI=1S/C23H47I/c1-3-5-7-9-11-12-14-16-20-23(21-17-18-22-24)19-15-13-10-8-6-4-2/h23H,3-22H2,1-2H3. The van der Waals surface area contributed by atoms with Gasteiger partial charge in [0.15, 0.2) is 0 Å². The average molecular weight is 451 g/mol. The van der Waals surface area contributed by atoms with Crippen LogP contribution in [0.25, 0.3) is 0 Å². The van der Waals surface area contributed by atoms with Crippen molar-refractivity contribution in [2.45, 2.75) is 136 Å². The second kappa shape index (κ2) is 21.8. The van der Waals surface area contributed by atoms with Crippen molar-refractivity contribution in [1.29, 1.82) is 0 Å². The van der Waals surface area contributed by atoms with Gasteiger partial charge in [0.25, 0.3) is 0 Å². The van der Waals surface area contributed by atoms with E-state index in [1.165, 1.54) is 126 Å². The minimum absolute atomic E-state index is 1.04. The fraction of sp³-hybridized carbons (Fsp3) is 1.00. The SMILES string of the molecule is CCCCCCCCCCC(CCCCI)CCCCCCCC. The summed E-state index contributed by atoms with van der Waals surface area (Å²) in [5, 5.41) is 0. The third kappa shape index (κ3) is 19.1. The molecule has 0 radical (unpaired) electrons. The fourth-order valence-electron chi connectivity index (χ4n) is 3.74. The predicted molar refractivity (Wildman–Crippen MR) is 121 cm³/mol. The molecular formula is C23H47I. The molecule has 0 spiro atoms. The molecule has 0 aromatic heterocycles. The summed E-state index contributed by atoms with van der Waals surface area (Å²) < 4.78 is 1.35. The van der Waals surface area contributed by atoms with E-state index in [1.807, 2.05) is 0 Å². The van der Waals surface area contributed by atoms with Crippen LogP contribution in [0.3, 0.4) is 0 Å². The summed E-state index contributed by atoms with van der Waals surface area (Å²) in [4.78, 5) is 0. The molecule has 1 unspecified atom stereocenters. The molecule has 1 atom stereocenters. The number of alkyl halides is 1. The maximum atomic E-state index is 2.53. The summed E-state index contributed by atoms with van der Waals surface area (Å²) in [6.45, 7) is 4.62. The first-order valence-electron chi connectivity index (χ1n) is 11.4. The molecule has 0 saturated heterocycles. The van der Waals surface area contributed by atoms with Crippen molar-refractivity contribution in [3.05, 3.63) is 0 Å². The van der Waals surface area contributed by atoms with Crippen LogP contribution in [0.15, 0.2) is 0 Å². The van der Waals surface area contributed by atoms with E-state index < -0.39 is 0 Å². The molecular weight excluding hydrogens is 403 g/mol. The zero-order valence-corrected chi connectivity index (χ0v) is 19.3. The largest absolute Gasteiger partial charge is 0.0864 e. The van der Waals surface area contributed by atoms with E-state index in [0.717, 1.165) is 5.92 Å². The van der Waals surface area contributed by atoms with Gasteiger partial charge in [-0.25, -0.2) is 0 Å². The number of hydrogen-bond acceptors (Lipinski definition) is 0. The zero-order chi connectivity index (χ0) is 17.7. The lowest BCUT2D eigenvalue weighted by Gasteiger charge is -2.17. The monoisotopic (exact) mass is 450 g/mol. The molecule has 0 heterocycles. The van der Waals surface area contributed by atoms with Crippen LogP contribution in [0.1, 0.15) is 136 Å². The van der Waals surface area contributed by atoms with Gasteiger partial charge in [-0.05, 0) is 16.8 Å². The van der Waals surface area contributed by atoms with Gasteiger partial charge in [-0.1, -0.05) is 152 Å². The first kappa shape index (κ1) is 24.7. The van der Waals surface area contributed by atoms with Gasteiger partial charge < -0.3 is 0 Å². The van der Waals surface area contributed by atoms with Crippen molar-refractivity contribution in [1.82, 2.24) is 0 Å². The predicted octanol–water partition coefficient (Wildman–Crippen LogP) is 9.49. The molecule has 0 fully saturated rings. The Morgan fingerprint density at radius 1 is 0.458 bits per heavy atom. The van der Waals surface area contributed by atoms with Crippen LogP contribution in [0.4, 0.5) is 0 Å². The van der Waals surface area contributed by atoms with Gasteiger partial charge in [0.1, 0.15) is 0 Å². The first-order valence-corrected chi connectivity index (χ1v) is 12.9. The van der Waals surface area contributed by atoms with Gasteiger partial charge in [-0.2, -0.15) is 0 Å². The van der Waals surface area contributed by atoms with Crippen LogP contribution < -0.4 is 0 Å². The van der Waals surface area contributed by atoms with Crippen molar-refractivity contribution < 1.29 is 0 Å². The Hall–Kier alpha value is 0.730. The van der Waals surface area contributed by atoms with Crippen LogP contribution >= 0.6 is 22.6 Å². The Balaban J connectivity index is 3.63. The molecule has 0 rings (SSSR count). The van der Waals surface area contributed by atoms with Gasteiger partial charge >= 0.3 is 0 Å². The maximum Gasteiger partial charge on any atom is -0.000473 e. The number of hydrogen-bond donors (Lipinski definition) is 0. The highest BCUT2D eigenvalue weighted by Gasteiger charge is 2.08. The molecule has 0 amide bonds. The lowest BCUT2D eigenvalue weighted by atomic mass is 9.90. The van der Waals surface area contributed by atoms with Crippen LogP contribution in [0, 0.1) is 5.92 Å². The van der Waals surface area contributed by atoms with Crippen molar-refractivity contribution in [3.63, 3.8) is 0 Å². The first-order chi connectivity index (χ1) is 11.8. The summed E-state index contributed by atoms with van der Waals surface area (Å²) >= 11 is 2.53. The smallest absolute Gasteiger partial charge is 0.000473 e. The van der Waals surface area contributed by atoms with E-state index in [-0.39, 0.29) is 0 Å². The molecule has 0 aromatic rings. The van der Waals surface area contributed by atoms with E-state index in [2.05, 4.69) is 36.4 Å². The summed E-state index contributed by atoms with van der Waals surface area (Å²) in [5.41, 5.74) is 0. The van der Waals surface area contributed by atoms with E-state index in [4.69, 9.17) is 0 Å². The molecule has 0 N–H and O–H groups in total. The van der Waals surface area contributed by atoms with Gasteiger partial charge in [0.2, 0.25) is 0 Å². The Morgan fingerprint density at radius 2 is 0.792 bits per heavy atom. The molecule has 24 heavy (non-hydrogen) atoms. The van der Waals surface area contributed by atoms with Gasteiger partial charge in [0.05, 0.1) is 0 Å². The summed E-state index contributed by atoms with van der Waals surface area (Å²) in [5.74, 6) is 1.04. The molecule has 0 saturated carbocycles. The van der Waals surface area contributed by atoms with Crippen molar-refractivity contribution in [2.24, 2.45) is 5.92 Å². The third-order valence-corrected chi connectivity index (χ3v) is 6.19. The molecule has 0 bridgehead atoms. The summed E-state index contributed by atoms with van der Waals surface area (Å²) in [6, 6.07) is 0. The molecule has 0 aliphatic heterocycles. The van der Waals surface area contributed by atoms with Gasteiger partial charge in [-0.15, -0.1) is 0 Å². The normalized spacial score (nSPS) is 12.6.